The summed E-state index contributed by atoms with van der Waals surface area (Å²) in [6, 6.07) is 34.5. The van der Waals surface area contributed by atoms with E-state index in [1.807, 2.05) is 83.5 Å². The van der Waals surface area contributed by atoms with E-state index in [4.69, 9.17) is 9.48 Å². The highest BCUT2D eigenvalue weighted by Crippen LogP contribution is 2.48. The summed E-state index contributed by atoms with van der Waals surface area (Å²) in [4.78, 5) is 17.9. The van der Waals surface area contributed by atoms with Crippen LogP contribution in [0.3, 0.4) is 0 Å². The zero-order valence-corrected chi connectivity index (χ0v) is 20.8. The van der Waals surface area contributed by atoms with Crippen molar-refractivity contribution >= 4 is 40.7 Å². The Morgan fingerprint density at radius 2 is 1.39 bits per heavy atom. The molecule has 36 heavy (non-hydrogen) atoms. The predicted molar refractivity (Wildman–Crippen MR) is 147 cm³/mol. The van der Waals surface area contributed by atoms with E-state index in [1.165, 1.54) is 0 Å². The summed E-state index contributed by atoms with van der Waals surface area (Å²) in [6.07, 6.45) is 7.34. The zero-order chi connectivity index (χ0) is 24.8. The molecule has 0 atom stereocenters. The van der Waals surface area contributed by atoms with Gasteiger partial charge in [0.25, 0.3) is 0 Å². The van der Waals surface area contributed by atoms with Crippen molar-refractivity contribution in [3.63, 3.8) is 0 Å². The van der Waals surface area contributed by atoms with Crippen LogP contribution in [0.25, 0.3) is 11.7 Å². The molecule has 0 saturated carbocycles. The molecule has 3 aromatic carbocycles. The zero-order valence-electron chi connectivity index (χ0n) is 19.9. The third kappa shape index (κ3) is 4.53. The van der Waals surface area contributed by atoms with Crippen molar-refractivity contribution < 1.29 is 9.53 Å². The second-order valence-corrected chi connectivity index (χ2v) is 11.1. The molecule has 5 aromatic rings. The third-order valence-corrected chi connectivity index (χ3v) is 9.53. The fourth-order valence-electron chi connectivity index (χ4n) is 4.28. The molecule has 0 N–H and O–H groups in total. The van der Waals surface area contributed by atoms with Crippen LogP contribution in [0.1, 0.15) is 12.5 Å². The molecule has 0 amide bonds. The number of hydrogen-bond acceptors (Lipinski definition) is 4. The average Bonchev–Trinajstić information content (AvgIpc) is 3.43. The van der Waals surface area contributed by atoms with Gasteiger partial charge in [-0.3, -0.25) is 0 Å². The number of ether oxygens (including phenoxy) is 1. The number of aromatic nitrogens is 2. The van der Waals surface area contributed by atoms with Gasteiger partial charge in [0.15, 0.2) is 0 Å². The van der Waals surface area contributed by atoms with Crippen LogP contribution < -0.4 is 15.9 Å². The van der Waals surface area contributed by atoms with Crippen molar-refractivity contribution in [3.05, 3.63) is 133 Å². The number of carbonyl (C=O) groups excluding carboxylic acids is 1. The van der Waals surface area contributed by atoms with E-state index >= 15 is 0 Å². The Hall–Kier alpha value is -4.21. The first-order valence-corrected chi connectivity index (χ1v) is 13.6. The summed E-state index contributed by atoms with van der Waals surface area (Å²) >= 11 is 0. The highest BCUT2D eigenvalue weighted by molar-refractivity contribution is 7.87. The van der Waals surface area contributed by atoms with Crippen molar-refractivity contribution in [2.24, 2.45) is 4.74 Å². The number of rotatable bonds is 7. The summed E-state index contributed by atoms with van der Waals surface area (Å²) in [6.45, 7) is 2.06. The van der Waals surface area contributed by atoms with E-state index < -0.39 is 13.0 Å². The van der Waals surface area contributed by atoms with Crippen molar-refractivity contribution in [2.45, 2.75) is 6.92 Å². The SMILES string of the molecule is CCOC(=O)/C(=C\c1cccn2ccnc12)N=P(c1ccccc1)(c1ccccc1)c1ccccc1. The first-order chi connectivity index (χ1) is 17.7. The normalized spacial score (nSPS) is 11.9. The summed E-state index contributed by atoms with van der Waals surface area (Å²) in [5.74, 6) is -0.460. The molecule has 178 valence electrons. The third-order valence-electron chi connectivity index (χ3n) is 5.87. The first-order valence-electron chi connectivity index (χ1n) is 11.8. The Morgan fingerprint density at radius 3 is 1.92 bits per heavy atom. The summed E-state index contributed by atoms with van der Waals surface area (Å²) in [5.41, 5.74) is 1.80. The van der Waals surface area contributed by atoms with Gasteiger partial charge in [-0.2, -0.15) is 0 Å². The molecule has 5 nitrogen and oxygen atoms in total. The van der Waals surface area contributed by atoms with Gasteiger partial charge in [0, 0.05) is 40.1 Å². The Labute approximate surface area is 210 Å². The van der Waals surface area contributed by atoms with E-state index in [0.717, 1.165) is 27.1 Å². The van der Waals surface area contributed by atoms with Crippen LogP contribution in [-0.4, -0.2) is 22.0 Å². The van der Waals surface area contributed by atoms with Gasteiger partial charge in [-0.25, -0.2) is 14.5 Å². The number of benzene rings is 3. The van der Waals surface area contributed by atoms with Crippen molar-refractivity contribution in [1.82, 2.24) is 9.38 Å². The lowest BCUT2D eigenvalue weighted by atomic mass is 10.2. The molecule has 0 bridgehead atoms. The number of imidazole rings is 1. The van der Waals surface area contributed by atoms with E-state index in [9.17, 15) is 4.79 Å². The molecule has 0 aliphatic carbocycles. The number of nitrogens with zero attached hydrogens (tertiary/aromatic N) is 3. The fourth-order valence-corrected chi connectivity index (χ4v) is 7.79. The molecule has 2 heterocycles. The topological polar surface area (TPSA) is 56.0 Å². The Bertz CT molecular complexity index is 1460. The summed E-state index contributed by atoms with van der Waals surface area (Å²) < 4.78 is 12.8. The molecule has 6 heteroatoms. The maximum atomic E-state index is 13.4. The minimum atomic E-state index is -2.64. The van der Waals surface area contributed by atoms with Crippen LogP contribution in [0.4, 0.5) is 0 Å². The van der Waals surface area contributed by atoms with Crippen LogP contribution in [0.2, 0.25) is 0 Å². The maximum absolute atomic E-state index is 13.4. The van der Waals surface area contributed by atoms with Crippen LogP contribution in [0.5, 0.6) is 0 Å². The molecule has 5 rings (SSSR count). The number of esters is 1. The molecular weight excluding hydrogens is 465 g/mol. The summed E-state index contributed by atoms with van der Waals surface area (Å²) in [7, 11) is -2.64. The lowest BCUT2D eigenvalue weighted by Gasteiger charge is -2.27. The molecule has 0 unspecified atom stereocenters. The lowest BCUT2D eigenvalue weighted by Crippen LogP contribution is -2.26. The highest BCUT2D eigenvalue weighted by Gasteiger charge is 2.29. The highest BCUT2D eigenvalue weighted by atomic mass is 31.2. The van der Waals surface area contributed by atoms with Crippen molar-refractivity contribution in [2.75, 3.05) is 6.61 Å². The van der Waals surface area contributed by atoms with Gasteiger partial charge in [0.1, 0.15) is 11.3 Å². The predicted octanol–water partition coefficient (Wildman–Crippen LogP) is 5.42. The number of fused-ring (bicyclic) bond motifs is 1. The van der Waals surface area contributed by atoms with Gasteiger partial charge in [0.2, 0.25) is 0 Å². The molecule has 0 radical (unpaired) electrons. The summed E-state index contributed by atoms with van der Waals surface area (Å²) in [5, 5.41) is 3.16. The van der Waals surface area contributed by atoms with Crippen molar-refractivity contribution in [3.8, 4) is 0 Å². The van der Waals surface area contributed by atoms with Gasteiger partial charge < -0.3 is 9.14 Å². The minimum Gasteiger partial charge on any atom is -0.461 e. The van der Waals surface area contributed by atoms with Gasteiger partial charge in [0.05, 0.1) is 13.7 Å². The maximum Gasteiger partial charge on any atom is 0.356 e. The van der Waals surface area contributed by atoms with Gasteiger partial charge in [-0.15, -0.1) is 0 Å². The number of hydrogen-bond donors (Lipinski definition) is 0. The fraction of sp³-hybridized carbons (Fsp3) is 0.0667. The Morgan fingerprint density at radius 1 is 0.833 bits per heavy atom. The first kappa shape index (κ1) is 23.5. The van der Waals surface area contributed by atoms with Crippen LogP contribution in [0, 0.1) is 0 Å². The number of pyridine rings is 1. The standard InChI is InChI=1S/C30H26N3O2P/c1-2-35-30(34)28(23-24-13-12-21-33-22-20-31-29(24)33)32-36(25-14-6-3-7-15-25,26-16-8-4-9-17-26)27-18-10-5-11-19-27/h3-23H,2H2,1H3/b28-23+. The van der Waals surface area contributed by atoms with E-state index in [-0.39, 0.29) is 12.3 Å². The Balaban J connectivity index is 1.88. The monoisotopic (exact) mass is 491 g/mol. The van der Waals surface area contributed by atoms with E-state index in [0.29, 0.717) is 0 Å². The van der Waals surface area contributed by atoms with Crippen molar-refractivity contribution in [1.29, 1.82) is 0 Å². The lowest BCUT2D eigenvalue weighted by molar-refractivity contribution is -0.138. The molecule has 0 aliphatic rings. The second-order valence-electron chi connectivity index (χ2n) is 8.11. The van der Waals surface area contributed by atoms with Crippen LogP contribution in [0.15, 0.2) is 132 Å². The van der Waals surface area contributed by atoms with E-state index in [2.05, 4.69) is 41.4 Å². The Kier molecular flexibility index (Phi) is 6.92. The average molecular weight is 492 g/mol. The van der Waals surface area contributed by atoms with Crippen LogP contribution >= 0.6 is 7.05 Å². The van der Waals surface area contributed by atoms with Gasteiger partial charge >= 0.3 is 5.97 Å². The van der Waals surface area contributed by atoms with Crippen LogP contribution in [-0.2, 0) is 9.53 Å². The quantitative estimate of drug-likeness (QED) is 0.174. The minimum absolute atomic E-state index is 0.257. The molecule has 0 saturated heterocycles. The largest absolute Gasteiger partial charge is 0.461 e. The molecule has 0 aliphatic heterocycles. The molecule has 0 spiro atoms. The molecule has 2 aromatic heterocycles. The number of carbonyl (C=O) groups is 1. The smallest absolute Gasteiger partial charge is 0.356 e. The second kappa shape index (κ2) is 10.6. The van der Waals surface area contributed by atoms with Gasteiger partial charge in [-0.1, -0.05) is 91.0 Å². The van der Waals surface area contributed by atoms with E-state index in [1.54, 1.807) is 19.2 Å². The molecule has 0 fully saturated rings. The van der Waals surface area contributed by atoms with Gasteiger partial charge in [-0.05, 0) is 25.1 Å². The molecular formula is C30H26N3O2P.